The summed E-state index contributed by atoms with van der Waals surface area (Å²) in [5.74, 6) is -8.27. The number of rotatable bonds is 15. The van der Waals surface area contributed by atoms with Crippen molar-refractivity contribution in [1.29, 1.82) is 0 Å². The summed E-state index contributed by atoms with van der Waals surface area (Å²) in [4.78, 5) is 24.6. The number of carbonyl (C=O) groups is 2. The molecule has 2 aromatic carbocycles. The normalized spacial score (nSPS) is 13.0. The summed E-state index contributed by atoms with van der Waals surface area (Å²) in [6.07, 6.45) is -13.5. The van der Waals surface area contributed by atoms with Crippen molar-refractivity contribution in [3.8, 4) is 5.75 Å². The van der Waals surface area contributed by atoms with Gasteiger partial charge in [-0.1, -0.05) is 24.3 Å². The van der Waals surface area contributed by atoms with Crippen molar-refractivity contribution >= 4 is 17.7 Å². The van der Waals surface area contributed by atoms with Crippen LogP contribution in [0.15, 0.2) is 48.5 Å². The highest BCUT2D eigenvalue weighted by molar-refractivity contribution is 5.89. The lowest BCUT2D eigenvalue weighted by molar-refractivity contribution is -0.423. The number of anilines is 1. The third kappa shape index (κ3) is 9.45. The molecular formula is C25H26F8N2O6. The lowest BCUT2D eigenvalue weighted by atomic mass is 10.1. The van der Waals surface area contributed by atoms with Crippen LogP contribution in [-0.2, 0) is 20.7 Å². The molecule has 0 heterocycles. The molecule has 0 aliphatic heterocycles. The van der Waals surface area contributed by atoms with Crippen molar-refractivity contribution in [1.82, 2.24) is 4.90 Å². The topological polar surface area (TPSA) is 97.3 Å². The van der Waals surface area contributed by atoms with Gasteiger partial charge < -0.3 is 29.5 Å². The average molecular weight is 602 g/mol. The summed E-state index contributed by atoms with van der Waals surface area (Å²) in [6, 6.07) is 9.76. The largest absolute Gasteiger partial charge is 0.492 e. The zero-order valence-electron chi connectivity index (χ0n) is 21.4. The van der Waals surface area contributed by atoms with Crippen LogP contribution in [0, 0.1) is 5.82 Å². The van der Waals surface area contributed by atoms with Gasteiger partial charge in [0.05, 0.1) is 18.8 Å². The highest BCUT2D eigenvalue weighted by atomic mass is 19.4. The summed E-state index contributed by atoms with van der Waals surface area (Å²) >= 11 is 0. The van der Waals surface area contributed by atoms with E-state index in [9.17, 15) is 49.8 Å². The van der Waals surface area contributed by atoms with E-state index in [0.29, 0.717) is 10.5 Å². The molecule has 16 heteroatoms. The lowest BCUT2D eigenvalue weighted by Crippen LogP contribution is -2.54. The lowest BCUT2D eigenvalue weighted by Gasteiger charge is -2.29. The zero-order chi connectivity index (χ0) is 30.8. The quantitative estimate of drug-likeness (QED) is 0.259. The molecule has 0 saturated heterocycles. The van der Waals surface area contributed by atoms with Gasteiger partial charge in [0.15, 0.2) is 6.10 Å². The van der Waals surface area contributed by atoms with Gasteiger partial charge in [-0.25, -0.2) is 14.0 Å². The summed E-state index contributed by atoms with van der Waals surface area (Å²) in [6.45, 7) is -1.26. The van der Waals surface area contributed by atoms with E-state index < -0.39 is 61.8 Å². The molecule has 0 spiro atoms. The number of hydrogen-bond acceptors (Lipinski definition) is 5. The molecule has 1 atom stereocenters. The molecule has 2 amide bonds. The predicted octanol–water partition coefficient (Wildman–Crippen LogP) is 5.58. The van der Waals surface area contributed by atoms with E-state index in [-0.39, 0.29) is 31.1 Å². The molecule has 0 radical (unpaired) electrons. The molecule has 0 aliphatic rings. The number of nitrogens with one attached hydrogen (secondary N) is 1. The molecule has 0 bridgehead atoms. The van der Waals surface area contributed by atoms with Crippen molar-refractivity contribution in [2.24, 2.45) is 0 Å². The number of carboxylic acid groups (broad SMARTS) is 1. The molecule has 0 saturated carbocycles. The molecule has 228 valence electrons. The maximum Gasteiger partial charge on any atom is 0.462 e. The molecule has 1 unspecified atom stereocenters. The maximum absolute atomic E-state index is 13.9. The van der Waals surface area contributed by atoms with E-state index in [1.54, 1.807) is 19.1 Å². The smallest absolute Gasteiger partial charge is 0.462 e. The SMILES string of the molecule is CCOC(Cc1ccc(OCCN(CCOC(F)(F)C(F)(F)C(F)(F)F)C(=O)Nc2ccccc2F)cc1)C(=O)O. The van der Waals surface area contributed by atoms with Crippen LogP contribution in [-0.4, -0.2) is 79.2 Å². The number of para-hydroxylation sites is 1. The first kappa shape index (κ1) is 33.5. The zero-order valence-corrected chi connectivity index (χ0v) is 21.4. The van der Waals surface area contributed by atoms with Crippen LogP contribution in [0.25, 0.3) is 0 Å². The Labute approximate surface area is 228 Å². The van der Waals surface area contributed by atoms with Crippen molar-refractivity contribution < 1.29 is 64.0 Å². The van der Waals surface area contributed by atoms with E-state index in [2.05, 4.69) is 10.1 Å². The first-order valence-corrected chi connectivity index (χ1v) is 11.9. The Balaban J connectivity index is 2.05. The van der Waals surface area contributed by atoms with Gasteiger partial charge in [0.2, 0.25) is 0 Å². The predicted molar refractivity (Wildman–Crippen MR) is 128 cm³/mol. The molecule has 2 aromatic rings. The fourth-order valence-electron chi connectivity index (χ4n) is 3.24. The Morgan fingerprint density at radius 1 is 0.951 bits per heavy atom. The van der Waals surface area contributed by atoms with Crippen LogP contribution in [0.2, 0.25) is 0 Å². The van der Waals surface area contributed by atoms with Crippen molar-refractivity contribution in [3.05, 3.63) is 59.9 Å². The monoisotopic (exact) mass is 602 g/mol. The highest BCUT2D eigenvalue weighted by Crippen LogP contribution is 2.46. The van der Waals surface area contributed by atoms with Gasteiger partial charge in [0, 0.05) is 19.6 Å². The van der Waals surface area contributed by atoms with Crippen molar-refractivity contribution in [2.75, 3.05) is 38.2 Å². The number of ether oxygens (including phenoxy) is 3. The van der Waals surface area contributed by atoms with Crippen molar-refractivity contribution in [3.63, 3.8) is 0 Å². The molecule has 8 nitrogen and oxygen atoms in total. The minimum atomic E-state index is -6.60. The van der Waals surface area contributed by atoms with Crippen LogP contribution < -0.4 is 10.1 Å². The third-order valence-corrected chi connectivity index (χ3v) is 5.39. The fourth-order valence-corrected chi connectivity index (χ4v) is 3.24. The van der Waals surface area contributed by atoms with Crippen LogP contribution in [0.4, 0.5) is 45.6 Å². The number of alkyl halides is 7. The number of carbonyl (C=O) groups excluding carboxylic acids is 1. The summed E-state index contributed by atoms with van der Waals surface area (Å²) in [7, 11) is 0. The second kappa shape index (κ2) is 14.3. The van der Waals surface area contributed by atoms with E-state index in [4.69, 9.17) is 9.47 Å². The van der Waals surface area contributed by atoms with Gasteiger partial charge in [0.25, 0.3) is 0 Å². The van der Waals surface area contributed by atoms with Gasteiger partial charge in [-0.05, 0) is 36.8 Å². The van der Waals surface area contributed by atoms with E-state index in [0.717, 1.165) is 6.07 Å². The van der Waals surface area contributed by atoms with E-state index in [1.165, 1.54) is 30.3 Å². The van der Waals surface area contributed by atoms with E-state index in [1.807, 2.05) is 0 Å². The van der Waals surface area contributed by atoms with Crippen LogP contribution >= 0.6 is 0 Å². The van der Waals surface area contributed by atoms with Gasteiger partial charge in [-0.3, -0.25) is 0 Å². The minimum absolute atomic E-state index is 0.0610. The Morgan fingerprint density at radius 2 is 1.56 bits per heavy atom. The second-order valence-electron chi connectivity index (χ2n) is 8.31. The second-order valence-corrected chi connectivity index (χ2v) is 8.31. The van der Waals surface area contributed by atoms with Crippen LogP contribution in [0.5, 0.6) is 5.75 Å². The standard InChI is InChI=1S/C25H26F8N2O6/c1-2-39-20(21(36)37)15-16-7-9-17(10-8-16)40-13-11-35(22(38)34-19-6-4-3-5-18(19)26)12-14-41-25(32,33)23(27,28)24(29,30)31/h3-10,20H,2,11-15H2,1H3,(H,34,38)(H,36,37). The number of carboxylic acids is 1. The highest BCUT2D eigenvalue weighted by Gasteiger charge is 2.74. The summed E-state index contributed by atoms with van der Waals surface area (Å²) in [5, 5.41) is 11.3. The Kier molecular flexibility index (Phi) is 11.7. The Bertz CT molecular complexity index is 1150. The summed E-state index contributed by atoms with van der Waals surface area (Å²) < 4.78 is 118. The number of benzene rings is 2. The Hall–Kier alpha value is -3.66. The molecular weight excluding hydrogens is 576 g/mol. The Morgan fingerprint density at radius 3 is 2.12 bits per heavy atom. The number of aliphatic carboxylic acids is 1. The van der Waals surface area contributed by atoms with E-state index >= 15 is 0 Å². The van der Waals surface area contributed by atoms with Gasteiger partial charge in [-0.2, -0.15) is 30.7 Å². The van der Waals surface area contributed by atoms with Crippen LogP contribution in [0.1, 0.15) is 12.5 Å². The number of halogens is 8. The molecule has 2 rings (SSSR count). The van der Waals surface area contributed by atoms with Gasteiger partial charge in [0.1, 0.15) is 18.2 Å². The van der Waals surface area contributed by atoms with Crippen molar-refractivity contribution in [2.45, 2.75) is 37.7 Å². The maximum atomic E-state index is 13.9. The molecule has 0 aliphatic carbocycles. The third-order valence-electron chi connectivity index (χ3n) is 5.39. The average Bonchev–Trinajstić information content (AvgIpc) is 2.88. The number of nitrogens with zero attached hydrogens (tertiary/aromatic N) is 1. The molecule has 0 aromatic heterocycles. The van der Waals surface area contributed by atoms with Crippen LogP contribution in [0.3, 0.4) is 0 Å². The molecule has 41 heavy (non-hydrogen) atoms. The fraction of sp³-hybridized carbons (Fsp3) is 0.440. The molecule has 2 N–H and O–H groups in total. The number of amides is 2. The van der Waals surface area contributed by atoms with Gasteiger partial charge >= 0.3 is 30.2 Å². The number of hydrogen-bond donors (Lipinski definition) is 2. The first-order chi connectivity index (χ1) is 19.1. The first-order valence-electron chi connectivity index (χ1n) is 11.9. The van der Waals surface area contributed by atoms with Gasteiger partial charge in [-0.15, -0.1) is 0 Å². The number of urea groups is 1. The minimum Gasteiger partial charge on any atom is -0.492 e. The summed E-state index contributed by atoms with van der Waals surface area (Å²) in [5.41, 5.74) is 0.276. The molecule has 0 fully saturated rings.